The van der Waals surface area contributed by atoms with Gasteiger partial charge in [-0.3, -0.25) is 14.6 Å². The van der Waals surface area contributed by atoms with Crippen LogP contribution in [0.15, 0.2) is 84.8 Å². The number of nitrogens with one attached hydrogen (secondary N) is 1. The highest BCUT2D eigenvalue weighted by atomic mass is 16.5. The molecule has 1 aliphatic carbocycles. The predicted octanol–water partition coefficient (Wildman–Crippen LogP) is 4.56. The number of amides is 2. The van der Waals surface area contributed by atoms with Gasteiger partial charge in [-0.25, -0.2) is 0 Å². The summed E-state index contributed by atoms with van der Waals surface area (Å²) in [7, 11) is 2.08. The number of hydrogen-bond donors (Lipinski definition) is 1. The fourth-order valence-electron chi connectivity index (χ4n) is 5.98. The standard InChI is InChI=1S/C35H43N5O4/c1-38(30-13-6-3-7-14-30)33(29-11-4-2-5-12-29)34(35(42)39-20-18-36-19-21-39)40(27-41)26-28-10-8-15-31(24-28)43-22-23-44-32-16-9-17-37-25-32/h2,4-5,8-12,15-17,24-25,27,30,36H,3,6-7,13-14,18-23,26H2,1H3/b34-33-. The fourth-order valence-corrected chi connectivity index (χ4v) is 5.98. The zero-order valence-corrected chi connectivity index (χ0v) is 25.6. The Kier molecular flexibility index (Phi) is 11.2. The van der Waals surface area contributed by atoms with Crippen LogP contribution < -0.4 is 14.8 Å². The number of hydrogen-bond acceptors (Lipinski definition) is 7. The van der Waals surface area contributed by atoms with Gasteiger partial charge in [0, 0.05) is 51.0 Å². The Balaban J connectivity index is 1.44. The molecular weight excluding hydrogens is 554 g/mol. The van der Waals surface area contributed by atoms with Crippen LogP contribution in [0.1, 0.15) is 43.2 Å². The lowest BCUT2D eigenvalue weighted by Crippen LogP contribution is -2.49. The molecule has 3 aromatic rings. The number of carbonyl (C=O) groups excluding carboxylic acids is 2. The number of ether oxygens (including phenoxy) is 2. The summed E-state index contributed by atoms with van der Waals surface area (Å²) in [5.74, 6) is 1.23. The van der Waals surface area contributed by atoms with Gasteiger partial charge >= 0.3 is 0 Å². The van der Waals surface area contributed by atoms with Gasteiger partial charge in [-0.15, -0.1) is 0 Å². The molecule has 0 spiro atoms. The van der Waals surface area contributed by atoms with Crippen LogP contribution in [0, 0.1) is 0 Å². The molecule has 0 bridgehead atoms. The van der Waals surface area contributed by atoms with E-state index < -0.39 is 0 Å². The Morgan fingerprint density at radius 3 is 2.39 bits per heavy atom. The molecule has 0 radical (unpaired) electrons. The van der Waals surface area contributed by atoms with E-state index in [0.29, 0.717) is 49.5 Å². The van der Waals surface area contributed by atoms with Crippen LogP contribution in [0.3, 0.4) is 0 Å². The number of aromatic nitrogens is 1. The first-order chi connectivity index (χ1) is 21.6. The van der Waals surface area contributed by atoms with Crippen molar-refractivity contribution >= 4 is 18.0 Å². The lowest BCUT2D eigenvalue weighted by molar-refractivity contribution is -0.132. The van der Waals surface area contributed by atoms with E-state index in [2.05, 4.69) is 22.2 Å². The monoisotopic (exact) mass is 597 g/mol. The van der Waals surface area contributed by atoms with Crippen molar-refractivity contribution in [3.05, 3.63) is 95.9 Å². The van der Waals surface area contributed by atoms with E-state index in [1.54, 1.807) is 17.3 Å². The van der Waals surface area contributed by atoms with Crippen molar-refractivity contribution in [1.29, 1.82) is 0 Å². The average Bonchev–Trinajstić information content (AvgIpc) is 3.09. The number of piperazine rings is 1. The highest BCUT2D eigenvalue weighted by molar-refractivity contribution is 6.02. The normalized spacial score (nSPS) is 16.1. The molecule has 44 heavy (non-hydrogen) atoms. The highest BCUT2D eigenvalue weighted by Gasteiger charge is 2.32. The SMILES string of the molecule is CN(/C(=C(/C(=O)N1CCNCC1)N(C=O)Cc1cccc(OCCOc2cccnc2)c1)c1ccccc1)C1CCCCC1. The first-order valence-corrected chi connectivity index (χ1v) is 15.6. The minimum absolute atomic E-state index is 0.125. The predicted molar refractivity (Wildman–Crippen MR) is 171 cm³/mol. The van der Waals surface area contributed by atoms with Gasteiger partial charge in [0.05, 0.1) is 18.4 Å². The summed E-state index contributed by atoms with van der Waals surface area (Å²) < 4.78 is 11.7. The minimum atomic E-state index is -0.125. The second kappa shape index (κ2) is 15.9. The number of benzene rings is 2. The molecule has 5 rings (SSSR count). The van der Waals surface area contributed by atoms with Gasteiger partial charge in [-0.05, 0) is 42.7 Å². The molecule has 9 heteroatoms. The van der Waals surface area contributed by atoms with Crippen molar-refractivity contribution in [2.75, 3.05) is 46.4 Å². The third-order valence-corrected chi connectivity index (χ3v) is 8.27. The molecule has 2 amide bonds. The number of carbonyl (C=O) groups is 2. The maximum Gasteiger partial charge on any atom is 0.272 e. The van der Waals surface area contributed by atoms with Crippen LogP contribution >= 0.6 is 0 Å². The molecule has 1 N–H and O–H groups in total. The van der Waals surface area contributed by atoms with Gasteiger partial charge in [-0.2, -0.15) is 0 Å². The van der Waals surface area contributed by atoms with Gasteiger partial charge in [0.25, 0.3) is 5.91 Å². The fraction of sp³-hybridized carbons (Fsp3) is 0.400. The molecule has 1 saturated carbocycles. The minimum Gasteiger partial charge on any atom is -0.490 e. The Labute approximate surface area is 260 Å². The van der Waals surface area contributed by atoms with Crippen LogP contribution in [0.5, 0.6) is 11.5 Å². The smallest absolute Gasteiger partial charge is 0.272 e. The highest BCUT2D eigenvalue weighted by Crippen LogP contribution is 2.33. The van der Waals surface area contributed by atoms with E-state index in [4.69, 9.17) is 9.47 Å². The second-order valence-electron chi connectivity index (χ2n) is 11.3. The second-order valence-corrected chi connectivity index (χ2v) is 11.3. The van der Waals surface area contributed by atoms with Crippen LogP contribution in [0.2, 0.25) is 0 Å². The molecular formula is C35H43N5O4. The van der Waals surface area contributed by atoms with Gasteiger partial charge < -0.3 is 29.5 Å². The largest absolute Gasteiger partial charge is 0.490 e. The topological polar surface area (TPSA) is 87.2 Å². The Morgan fingerprint density at radius 1 is 0.955 bits per heavy atom. The summed E-state index contributed by atoms with van der Waals surface area (Å²) in [6.45, 7) is 3.59. The summed E-state index contributed by atoms with van der Waals surface area (Å²) in [6, 6.07) is 21.6. The molecule has 0 unspecified atom stereocenters. The third kappa shape index (κ3) is 8.17. The van der Waals surface area contributed by atoms with E-state index in [9.17, 15) is 9.59 Å². The van der Waals surface area contributed by atoms with E-state index in [-0.39, 0.29) is 12.5 Å². The Hall–Kier alpha value is -4.37. The van der Waals surface area contributed by atoms with Crippen molar-refractivity contribution in [1.82, 2.24) is 25.0 Å². The summed E-state index contributed by atoms with van der Waals surface area (Å²) in [4.78, 5) is 37.1. The quantitative estimate of drug-likeness (QED) is 0.176. The van der Waals surface area contributed by atoms with Crippen LogP contribution in [0.25, 0.3) is 5.70 Å². The molecule has 2 heterocycles. The van der Waals surface area contributed by atoms with Crippen LogP contribution in [0.4, 0.5) is 0 Å². The molecule has 1 aromatic heterocycles. The van der Waals surface area contributed by atoms with Crippen molar-refractivity contribution in [2.24, 2.45) is 0 Å². The molecule has 2 aliphatic rings. The number of pyridine rings is 1. The van der Waals surface area contributed by atoms with E-state index >= 15 is 0 Å². The third-order valence-electron chi connectivity index (χ3n) is 8.27. The molecule has 9 nitrogen and oxygen atoms in total. The molecule has 2 aromatic carbocycles. The molecule has 232 valence electrons. The number of rotatable bonds is 13. The maximum atomic E-state index is 14.4. The van der Waals surface area contributed by atoms with Gasteiger partial charge in [-0.1, -0.05) is 61.7 Å². The first-order valence-electron chi connectivity index (χ1n) is 15.6. The van der Waals surface area contributed by atoms with E-state index in [1.807, 2.05) is 71.6 Å². The first kappa shape index (κ1) is 31.1. The van der Waals surface area contributed by atoms with Gasteiger partial charge in [0.15, 0.2) is 0 Å². The van der Waals surface area contributed by atoms with E-state index in [0.717, 1.165) is 62.0 Å². The summed E-state index contributed by atoms with van der Waals surface area (Å²) in [6.07, 6.45) is 9.84. The molecule has 1 saturated heterocycles. The Bertz CT molecular complexity index is 1370. The average molecular weight is 598 g/mol. The lowest BCUT2D eigenvalue weighted by Gasteiger charge is -2.38. The van der Waals surface area contributed by atoms with Crippen LogP contribution in [-0.2, 0) is 16.1 Å². The van der Waals surface area contributed by atoms with Gasteiger partial charge in [0.2, 0.25) is 6.41 Å². The zero-order valence-electron chi connectivity index (χ0n) is 25.6. The zero-order chi connectivity index (χ0) is 30.6. The summed E-state index contributed by atoms with van der Waals surface area (Å²) in [5.41, 5.74) is 3.00. The van der Waals surface area contributed by atoms with Gasteiger partial charge in [0.1, 0.15) is 30.4 Å². The summed E-state index contributed by atoms with van der Waals surface area (Å²) >= 11 is 0. The molecule has 2 fully saturated rings. The maximum absolute atomic E-state index is 14.4. The molecule has 0 atom stereocenters. The lowest BCUT2D eigenvalue weighted by atomic mass is 9.93. The van der Waals surface area contributed by atoms with Crippen molar-refractivity contribution < 1.29 is 19.1 Å². The van der Waals surface area contributed by atoms with Crippen molar-refractivity contribution in [3.8, 4) is 11.5 Å². The van der Waals surface area contributed by atoms with Crippen molar-refractivity contribution in [3.63, 3.8) is 0 Å². The number of nitrogens with zero attached hydrogens (tertiary/aromatic N) is 4. The molecule has 1 aliphatic heterocycles. The van der Waals surface area contributed by atoms with Crippen molar-refractivity contribution in [2.45, 2.75) is 44.7 Å². The van der Waals surface area contributed by atoms with E-state index in [1.165, 1.54) is 6.42 Å². The van der Waals surface area contributed by atoms with Crippen LogP contribution in [-0.4, -0.2) is 84.5 Å². The summed E-state index contributed by atoms with van der Waals surface area (Å²) in [5, 5.41) is 3.33. The Morgan fingerprint density at radius 2 is 1.68 bits per heavy atom.